The molecular formula is C28H31N3O4. The van der Waals surface area contributed by atoms with E-state index in [1.807, 2.05) is 66.7 Å². The highest BCUT2D eigenvalue weighted by Gasteiger charge is 2.23. The fourth-order valence-electron chi connectivity index (χ4n) is 4.15. The van der Waals surface area contributed by atoms with E-state index < -0.39 is 0 Å². The van der Waals surface area contributed by atoms with Crippen molar-refractivity contribution in [3.63, 3.8) is 0 Å². The van der Waals surface area contributed by atoms with Gasteiger partial charge in [0.2, 0.25) is 5.91 Å². The normalized spacial score (nSPS) is 14.7. The third-order valence-corrected chi connectivity index (χ3v) is 6.14. The summed E-state index contributed by atoms with van der Waals surface area (Å²) in [5, 5.41) is 5.69. The van der Waals surface area contributed by atoms with Gasteiger partial charge in [-0.05, 0) is 41.0 Å². The number of nitrogens with zero attached hydrogens (tertiary/aromatic N) is 1. The van der Waals surface area contributed by atoms with E-state index in [0.29, 0.717) is 25.3 Å². The van der Waals surface area contributed by atoms with Crippen molar-refractivity contribution in [1.29, 1.82) is 0 Å². The van der Waals surface area contributed by atoms with E-state index in [-0.39, 0.29) is 24.4 Å². The minimum Gasteiger partial charge on any atom is -0.497 e. The second-order valence-electron chi connectivity index (χ2n) is 8.37. The van der Waals surface area contributed by atoms with Crippen molar-refractivity contribution >= 4 is 11.8 Å². The number of ether oxygens (including phenoxy) is 2. The van der Waals surface area contributed by atoms with E-state index in [1.165, 1.54) is 0 Å². The molecule has 1 unspecified atom stereocenters. The first-order chi connectivity index (χ1) is 17.1. The van der Waals surface area contributed by atoms with Crippen molar-refractivity contribution in [3.05, 3.63) is 90.0 Å². The van der Waals surface area contributed by atoms with Crippen LogP contribution in [0.1, 0.15) is 22.0 Å². The van der Waals surface area contributed by atoms with Crippen molar-refractivity contribution < 1.29 is 19.1 Å². The zero-order valence-electron chi connectivity index (χ0n) is 19.9. The topological polar surface area (TPSA) is 79.9 Å². The van der Waals surface area contributed by atoms with Crippen molar-refractivity contribution in [1.82, 2.24) is 15.5 Å². The van der Waals surface area contributed by atoms with Gasteiger partial charge in [-0.1, -0.05) is 54.6 Å². The van der Waals surface area contributed by atoms with Crippen molar-refractivity contribution in [3.8, 4) is 16.9 Å². The Labute approximate surface area is 206 Å². The van der Waals surface area contributed by atoms with Gasteiger partial charge in [-0.25, -0.2) is 0 Å². The molecule has 1 aliphatic rings. The lowest BCUT2D eigenvalue weighted by Gasteiger charge is -2.35. The number of nitrogens with one attached hydrogen (secondary N) is 2. The maximum atomic E-state index is 12.5. The Morgan fingerprint density at radius 3 is 2.20 bits per heavy atom. The summed E-state index contributed by atoms with van der Waals surface area (Å²) in [4.78, 5) is 27.4. The van der Waals surface area contributed by atoms with Crippen LogP contribution in [0.5, 0.6) is 5.75 Å². The number of benzene rings is 3. The maximum absolute atomic E-state index is 12.5. The van der Waals surface area contributed by atoms with Crippen LogP contribution in [0.3, 0.4) is 0 Å². The van der Waals surface area contributed by atoms with Gasteiger partial charge in [-0.2, -0.15) is 0 Å². The SMILES string of the molecule is COc1ccc(C(CNC(=O)CNC(=O)c2ccc(-c3ccccc3)cc2)N2CCOCC2)cc1. The summed E-state index contributed by atoms with van der Waals surface area (Å²) in [6.45, 7) is 3.27. The first-order valence-corrected chi connectivity index (χ1v) is 11.8. The first-order valence-electron chi connectivity index (χ1n) is 11.8. The summed E-state index contributed by atoms with van der Waals surface area (Å²) in [5.74, 6) is 0.281. The van der Waals surface area contributed by atoms with Crippen LogP contribution in [0.15, 0.2) is 78.9 Å². The Bertz CT molecular complexity index is 1100. The zero-order chi connectivity index (χ0) is 24.5. The van der Waals surface area contributed by atoms with E-state index in [9.17, 15) is 9.59 Å². The minimum absolute atomic E-state index is 0.00925. The molecule has 3 aromatic carbocycles. The van der Waals surface area contributed by atoms with Gasteiger partial charge in [-0.15, -0.1) is 0 Å². The van der Waals surface area contributed by atoms with Crippen LogP contribution < -0.4 is 15.4 Å². The smallest absolute Gasteiger partial charge is 0.251 e. The quantitative estimate of drug-likeness (QED) is 0.499. The molecule has 2 N–H and O–H groups in total. The van der Waals surface area contributed by atoms with E-state index >= 15 is 0 Å². The summed E-state index contributed by atoms with van der Waals surface area (Å²) in [5.41, 5.74) is 3.73. The molecule has 7 heteroatoms. The summed E-state index contributed by atoms with van der Waals surface area (Å²) in [7, 11) is 1.64. The van der Waals surface area contributed by atoms with Crippen LogP contribution in [-0.2, 0) is 9.53 Å². The van der Waals surface area contributed by atoms with Gasteiger partial charge >= 0.3 is 0 Å². The zero-order valence-corrected chi connectivity index (χ0v) is 19.9. The molecule has 0 radical (unpaired) electrons. The lowest BCUT2D eigenvalue weighted by molar-refractivity contribution is -0.120. The van der Waals surface area contributed by atoms with Gasteiger partial charge in [-0.3, -0.25) is 14.5 Å². The van der Waals surface area contributed by atoms with E-state index in [1.54, 1.807) is 19.2 Å². The Hall–Kier alpha value is -3.68. The molecule has 0 aromatic heterocycles. The van der Waals surface area contributed by atoms with Gasteiger partial charge in [0.15, 0.2) is 0 Å². The third kappa shape index (κ3) is 6.68. The Balaban J connectivity index is 1.31. The monoisotopic (exact) mass is 473 g/mol. The second kappa shape index (κ2) is 12.1. The lowest BCUT2D eigenvalue weighted by Crippen LogP contribution is -2.45. The molecule has 0 spiro atoms. The van der Waals surface area contributed by atoms with Crippen LogP contribution in [0, 0.1) is 0 Å². The van der Waals surface area contributed by atoms with Crippen LogP contribution in [0.4, 0.5) is 0 Å². The number of hydrogen-bond acceptors (Lipinski definition) is 5. The number of methoxy groups -OCH3 is 1. The predicted octanol–water partition coefficient (Wildman–Crippen LogP) is 3.28. The molecule has 7 nitrogen and oxygen atoms in total. The molecule has 1 fully saturated rings. The van der Waals surface area contributed by atoms with E-state index in [4.69, 9.17) is 9.47 Å². The molecule has 4 rings (SSSR count). The second-order valence-corrected chi connectivity index (χ2v) is 8.37. The highest BCUT2D eigenvalue weighted by Crippen LogP contribution is 2.24. The number of carbonyl (C=O) groups is 2. The Kier molecular flexibility index (Phi) is 8.48. The number of carbonyl (C=O) groups excluding carboxylic acids is 2. The largest absolute Gasteiger partial charge is 0.497 e. The molecule has 0 saturated carbocycles. The summed E-state index contributed by atoms with van der Waals surface area (Å²) in [6.07, 6.45) is 0. The van der Waals surface area contributed by atoms with Crippen LogP contribution in [0.25, 0.3) is 11.1 Å². The number of morpholine rings is 1. The minimum atomic E-state index is -0.278. The van der Waals surface area contributed by atoms with Crippen LogP contribution >= 0.6 is 0 Å². The molecule has 2 amide bonds. The third-order valence-electron chi connectivity index (χ3n) is 6.14. The van der Waals surface area contributed by atoms with Gasteiger partial charge in [0.05, 0.1) is 32.9 Å². The fourth-order valence-corrected chi connectivity index (χ4v) is 4.15. The highest BCUT2D eigenvalue weighted by atomic mass is 16.5. The maximum Gasteiger partial charge on any atom is 0.251 e. The number of hydrogen-bond donors (Lipinski definition) is 2. The molecule has 182 valence electrons. The Morgan fingerprint density at radius 1 is 0.886 bits per heavy atom. The van der Waals surface area contributed by atoms with Crippen molar-refractivity contribution in [2.75, 3.05) is 46.5 Å². The number of rotatable bonds is 9. The molecule has 0 bridgehead atoms. The fraction of sp³-hybridized carbons (Fsp3) is 0.286. The molecular weight excluding hydrogens is 442 g/mol. The van der Waals surface area contributed by atoms with Crippen LogP contribution in [-0.4, -0.2) is 63.2 Å². The number of amides is 2. The first kappa shape index (κ1) is 24.4. The Morgan fingerprint density at radius 2 is 1.54 bits per heavy atom. The summed E-state index contributed by atoms with van der Waals surface area (Å²) in [6, 6.07) is 25.2. The predicted molar refractivity (Wildman–Crippen MR) is 135 cm³/mol. The lowest BCUT2D eigenvalue weighted by atomic mass is 10.0. The summed E-state index contributed by atoms with van der Waals surface area (Å²) < 4.78 is 10.8. The standard InChI is InChI=1S/C28H31N3O4/c1-34-25-13-11-23(12-14-25)26(31-15-17-35-18-16-31)19-29-27(32)20-30-28(33)24-9-7-22(8-10-24)21-5-3-2-4-6-21/h2-14,26H,15-20H2,1H3,(H,29,32)(H,30,33). The average molecular weight is 474 g/mol. The molecule has 35 heavy (non-hydrogen) atoms. The molecule has 0 aliphatic carbocycles. The van der Waals surface area contributed by atoms with Gasteiger partial charge in [0, 0.05) is 25.2 Å². The van der Waals surface area contributed by atoms with Crippen LogP contribution in [0.2, 0.25) is 0 Å². The summed E-state index contributed by atoms with van der Waals surface area (Å²) >= 11 is 0. The molecule has 1 heterocycles. The van der Waals surface area contributed by atoms with Crippen molar-refractivity contribution in [2.45, 2.75) is 6.04 Å². The van der Waals surface area contributed by atoms with Crippen molar-refractivity contribution in [2.24, 2.45) is 0 Å². The molecule has 1 saturated heterocycles. The van der Waals surface area contributed by atoms with Gasteiger partial charge in [0.1, 0.15) is 5.75 Å². The van der Waals surface area contributed by atoms with E-state index in [0.717, 1.165) is 35.5 Å². The van der Waals surface area contributed by atoms with Gasteiger partial charge in [0.25, 0.3) is 5.91 Å². The highest BCUT2D eigenvalue weighted by molar-refractivity contribution is 5.96. The molecule has 3 aromatic rings. The molecule has 1 atom stereocenters. The van der Waals surface area contributed by atoms with E-state index in [2.05, 4.69) is 15.5 Å². The molecule has 1 aliphatic heterocycles. The van der Waals surface area contributed by atoms with Gasteiger partial charge < -0.3 is 20.1 Å². The average Bonchev–Trinajstić information content (AvgIpc) is 2.93.